The number of nitrogens with one attached hydrogen (secondary N) is 1. The zero-order valence-electron chi connectivity index (χ0n) is 14.1. The Labute approximate surface area is 170 Å². The number of nitrogens with zero attached hydrogens (tertiary/aromatic N) is 1. The third-order valence-corrected chi connectivity index (χ3v) is 5.01. The summed E-state index contributed by atoms with van der Waals surface area (Å²) in [5.74, 6) is 0.555. The fourth-order valence-corrected chi connectivity index (χ4v) is 2.83. The number of nitriles is 1. The van der Waals surface area contributed by atoms with Crippen molar-refractivity contribution in [2.75, 3.05) is 0 Å². The zero-order chi connectivity index (χ0) is 19.2. The average molecular weight is 442 g/mol. The Bertz CT molecular complexity index is 1040. The van der Waals surface area contributed by atoms with E-state index in [1.807, 2.05) is 48.5 Å². The second-order valence-corrected chi connectivity index (χ2v) is 6.93. The second-order valence-electron chi connectivity index (χ2n) is 5.67. The molecule has 0 saturated carbocycles. The number of carbonyl (C=O) groups excluding carboxylic acids is 1. The van der Waals surface area contributed by atoms with Crippen molar-refractivity contribution < 1.29 is 9.21 Å². The number of benzene rings is 2. The Morgan fingerprint density at radius 1 is 1.19 bits per heavy atom. The third kappa shape index (κ3) is 4.88. The minimum atomic E-state index is -0.453. The van der Waals surface area contributed by atoms with Crippen LogP contribution in [0.5, 0.6) is 0 Å². The summed E-state index contributed by atoms with van der Waals surface area (Å²) in [6.07, 6.45) is 1.42. The summed E-state index contributed by atoms with van der Waals surface area (Å²) in [5.41, 5.74) is 1.73. The van der Waals surface area contributed by atoms with Crippen LogP contribution in [0.25, 0.3) is 17.4 Å². The van der Waals surface area contributed by atoms with Crippen LogP contribution in [0.1, 0.15) is 11.3 Å². The van der Waals surface area contributed by atoms with Gasteiger partial charge >= 0.3 is 0 Å². The fraction of sp³-hybridized carbons (Fsp3) is 0.0476. The van der Waals surface area contributed by atoms with Crippen molar-refractivity contribution in [3.8, 4) is 17.4 Å². The van der Waals surface area contributed by atoms with Gasteiger partial charge in [0.25, 0.3) is 5.91 Å². The van der Waals surface area contributed by atoms with Crippen LogP contribution in [0.4, 0.5) is 0 Å². The van der Waals surface area contributed by atoms with Gasteiger partial charge in [0.1, 0.15) is 23.2 Å². The lowest BCUT2D eigenvalue weighted by Gasteiger charge is -2.04. The number of amides is 1. The summed E-state index contributed by atoms with van der Waals surface area (Å²) < 4.78 is 6.52. The molecule has 3 rings (SSSR count). The minimum absolute atomic E-state index is 0.0272. The number of furan rings is 1. The average Bonchev–Trinajstić information content (AvgIpc) is 3.16. The number of halogens is 2. The van der Waals surface area contributed by atoms with Gasteiger partial charge in [-0.25, -0.2) is 0 Å². The highest BCUT2D eigenvalue weighted by Gasteiger charge is 2.11. The Kier molecular flexibility index (Phi) is 6.12. The van der Waals surface area contributed by atoms with E-state index >= 15 is 0 Å². The molecule has 3 aromatic rings. The van der Waals surface area contributed by atoms with Gasteiger partial charge in [0.2, 0.25) is 0 Å². The van der Waals surface area contributed by atoms with Gasteiger partial charge in [-0.1, -0.05) is 48.0 Å². The second kappa shape index (κ2) is 8.72. The third-order valence-electron chi connectivity index (χ3n) is 3.78. The van der Waals surface area contributed by atoms with Crippen LogP contribution in [0.3, 0.4) is 0 Å². The van der Waals surface area contributed by atoms with Gasteiger partial charge in [-0.2, -0.15) is 5.26 Å². The molecule has 1 aromatic heterocycles. The van der Waals surface area contributed by atoms with E-state index in [0.717, 1.165) is 15.6 Å². The fourth-order valence-electron chi connectivity index (χ4n) is 2.40. The largest absolute Gasteiger partial charge is 0.457 e. The van der Waals surface area contributed by atoms with Crippen molar-refractivity contribution in [3.63, 3.8) is 0 Å². The Morgan fingerprint density at radius 3 is 2.67 bits per heavy atom. The summed E-state index contributed by atoms with van der Waals surface area (Å²) in [7, 11) is 0. The summed E-state index contributed by atoms with van der Waals surface area (Å²) in [6, 6.07) is 20.3. The quantitative estimate of drug-likeness (QED) is 0.415. The Balaban J connectivity index is 1.74. The maximum atomic E-state index is 12.2. The smallest absolute Gasteiger partial charge is 0.262 e. The Morgan fingerprint density at radius 2 is 1.96 bits per heavy atom. The molecule has 1 heterocycles. The Hall–Kier alpha value is -2.81. The van der Waals surface area contributed by atoms with Gasteiger partial charge < -0.3 is 9.73 Å². The molecule has 0 unspecified atom stereocenters. The van der Waals surface area contributed by atoms with Gasteiger partial charge in [0, 0.05) is 22.7 Å². The minimum Gasteiger partial charge on any atom is -0.457 e. The molecule has 0 bridgehead atoms. The molecule has 2 aromatic carbocycles. The van der Waals surface area contributed by atoms with Crippen molar-refractivity contribution in [2.24, 2.45) is 0 Å². The standard InChI is InChI=1S/C21H14BrClN2O2/c22-18-8-6-15(11-19(18)23)20-9-7-17(27-20)10-16(12-24)21(26)25-13-14-4-2-1-3-5-14/h1-11H,13H2,(H,25,26). The van der Waals surface area contributed by atoms with Gasteiger partial charge in [-0.05, 0) is 45.8 Å². The molecule has 0 aliphatic heterocycles. The van der Waals surface area contributed by atoms with E-state index in [1.54, 1.807) is 18.2 Å². The highest BCUT2D eigenvalue weighted by atomic mass is 79.9. The molecule has 0 aliphatic carbocycles. The predicted molar refractivity (Wildman–Crippen MR) is 109 cm³/mol. The van der Waals surface area contributed by atoms with Gasteiger partial charge in [-0.3, -0.25) is 4.79 Å². The maximum absolute atomic E-state index is 12.2. The molecule has 6 heteroatoms. The van der Waals surface area contributed by atoms with Crippen molar-refractivity contribution in [1.82, 2.24) is 5.32 Å². The SMILES string of the molecule is N#CC(=Cc1ccc(-c2ccc(Br)c(Cl)c2)o1)C(=O)NCc1ccccc1. The molecule has 0 fully saturated rings. The predicted octanol–water partition coefficient (Wildman–Crippen LogP) is 5.59. The monoisotopic (exact) mass is 440 g/mol. The van der Waals surface area contributed by atoms with Crippen LogP contribution in [0, 0.1) is 11.3 Å². The molecule has 0 radical (unpaired) electrons. The van der Waals surface area contributed by atoms with Crippen molar-refractivity contribution >= 4 is 39.5 Å². The van der Waals surface area contributed by atoms with E-state index in [1.165, 1.54) is 6.08 Å². The highest BCUT2D eigenvalue weighted by molar-refractivity contribution is 9.10. The van der Waals surface area contributed by atoms with Crippen LogP contribution < -0.4 is 5.32 Å². The summed E-state index contributed by atoms with van der Waals surface area (Å²) in [5, 5.41) is 12.6. The van der Waals surface area contributed by atoms with E-state index in [4.69, 9.17) is 16.0 Å². The first-order valence-corrected chi connectivity index (χ1v) is 9.23. The van der Waals surface area contributed by atoms with Crippen molar-refractivity contribution in [2.45, 2.75) is 6.54 Å². The summed E-state index contributed by atoms with van der Waals surface area (Å²) in [6.45, 7) is 0.347. The lowest BCUT2D eigenvalue weighted by molar-refractivity contribution is -0.117. The topological polar surface area (TPSA) is 66.0 Å². The van der Waals surface area contributed by atoms with Crippen molar-refractivity contribution in [1.29, 1.82) is 5.26 Å². The first-order chi connectivity index (χ1) is 13.1. The lowest BCUT2D eigenvalue weighted by Crippen LogP contribution is -2.23. The molecular formula is C21H14BrClN2O2. The van der Waals surface area contributed by atoms with E-state index in [-0.39, 0.29) is 5.57 Å². The number of carbonyl (C=O) groups is 1. The molecule has 4 nitrogen and oxygen atoms in total. The normalized spacial score (nSPS) is 11.1. The van der Waals surface area contributed by atoms with Crippen LogP contribution in [0.2, 0.25) is 5.02 Å². The number of hydrogen-bond acceptors (Lipinski definition) is 3. The van der Waals surface area contributed by atoms with E-state index < -0.39 is 5.91 Å². The van der Waals surface area contributed by atoms with Crippen LogP contribution >= 0.6 is 27.5 Å². The first kappa shape index (κ1) is 19.0. The van der Waals surface area contributed by atoms with E-state index in [0.29, 0.717) is 23.1 Å². The molecule has 134 valence electrons. The molecule has 0 aliphatic rings. The van der Waals surface area contributed by atoms with Gasteiger partial charge in [0.15, 0.2) is 0 Å². The number of rotatable bonds is 5. The van der Waals surface area contributed by atoms with E-state index in [2.05, 4.69) is 21.2 Å². The van der Waals surface area contributed by atoms with E-state index in [9.17, 15) is 10.1 Å². The molecule has 27 heavy (non-hydrogen) atoms. The molecule has 0 spiro atoms. The molecular weight excluding hydrogens is 428 g/mol. The van der Waals surface area contributed by atoms with Gasteiger partial charge in [0.05, 0.1) is 5.02 Å². The van der Waals surface area contributed by atoms with Gasteiger partial charge in [-0.15, -0.1) is 0 Å². The number of hydrogen-bond donors (Lipinski definition) is 1. The highest BCUT2D eigenvalue weighted by Crippen LogP contribution is 2.30. The van der Waals surface area contributed by atoms with Crippen LogP contribution in [-0.4, -0.2) is 5.91 Å². The summed E-state index contributed by atoms with van der Waals surface area (Å²) >= 11 is 9.45. The lowest BCUT2D eigenvalue weighted by atomic mass is 10.2. The zero-order valence-corrected chi connectivity index (χ0v) is 16.4. The summed E-state index contributed by atoms with van der Waals surface area (Å²) in [4.78, 5) is 12.2. The van der Waals surface area contributed by atoms with Crippen LogP contribution in [0.15, 0.2) is 75.1 Å². The molecule has 0 saturated heterocycles. The van der Waals surface area contributed by atoms with Crippen molar-refractivity contribution in [3.05, 3.63) is 87.1 Å². The molecule has 1 amide bonds. The molecule has 0 atom stereocenters. The van der Waals surface area contributed by atoms with Crippen LogP contribution in [-0.2, 0) is 11.3 Å². The first-order valence-electron chi connectivity index (χ1n) is 8.06. The molecule has 1 N–H and O–H groups in total. The maximum Gasteiger partial charge on any atom is 0.262 e.